The van der Waals surface area contributed by atoms with Gasteiger partial charge in [-0.2, -0.15) is 0 Å². The topological polar surface area (TPSA) is 166 Å². The molecule has 0 aliphatic carbocycles. The van der Waals surface area contributed by atoms with Crippen LogP contribution < -0.4 is 0 Å². The summed E-state index contributed by atoms with van der Waals surface area (Å²) in [5.74, 6) is -1.32. The number of hydrogen-bond donors (Lipinski definition) is 2. The quantitative estimate of drug-likeness (QED) is 0.299. The Kier molecular flexibility index (Phi) is 4.47. The Balaban J connectivity index is 2.20. The predicted molar refractivity (Wildman–Crippen MR) is 92.5 cm³/mol. The van der Waals surface area contributed by atoms with E-state index in [0.29, 0.717) is 11.5 Å². The number of nitro benzene ring substituents is 1. The van der Waals surface area contributed by atoms with E-state index in [2.05, 4.69) is 10.2 Å². The minimum atomic E-state index is -5.19. The van der Waals surface area contributed by atoms with Crippen molar-refractivity contribution in [1.82, 2.24) is 0 Å². The van der Waals surface area contributed by atoms with Gasteiger partial charge in [-0.05, 0) is 11.5 Å². The molecule has 0 amide bonds. The first-order valence-electron chi connectivity index (χ1n) is 7.28. The summed E-state index contributed by atoms with van der Waals surface area (Å²) in [4.78, 5) is 8.83. The highest BCUT2D eigenvalue weighted by molar-refractivity contribution is 7.85. The maximum Gasteiger partial charge on any atom is 0.273 e. The number of phenolic OH excluding ortho intramolecular Hbond substituents is 2. The van der Waals surface area contributed by atoms with Crippen molar-refractivity contribution in [3.8, 4) is 11.5 Å². The molecule has 0 fully saturated rings. The number of phenols is 2. The van der Waals surface area contributed by atoms with Gasteiger partial charge in [0, 0.05) is 17.5 Å². The van der Waals surface area contributed by atoms with Crippen LogP contribution in [-0.2, 0) is 10.1 Å². The Morgan fingerprint density at radius 1 is 1.00 bits per heavy atom. The molecule has 0 aliphatic rings. The van der Waals surface area contributed by atoms with Gasteiger partial charge in [-0.25, -0.2) is 8.42 Å². The smallest absolute Gasteiger partial charge is 0.273 e. The standard InChI is InChI=1S/C16H11N3O7S/c20-13-6-5-9-3-1-2-4-11(9)15(13)18-17-12-7-10(19(22)23)8-14(16(12)21)27(24,25)26/h1-8,20-21H,(H,24,25,26)/p-1. The summed E-state index contributed by atoms with van der Waals surface area (Å²) in [6.45, 7) is 0. The molecular weight excluding hydrogens is 378 g/mol. The Morgan fingerprint density at radius 3 is 2.37 bits per heavy atom. The molecule has 138 valence electrons. The number of fused-ring (bicyclic) bond motifs is 1. The molecule has 3 rings (SSSR count). The minimum Gasteiger partial charge on any atom is -0.744 e. The molecule has 3 aromatic rings. The van der Waals surface area contributed by atoms with Crippen LogP contribution in [0.1, 0.15) is 0 Å². The number of non-ortho nitro benzene ring substituents is 1. The first kappa shape index (κ1) is 18.2. The van der Waals surface area contributed by atoms with E-state index in [0.717, 1.165) is 11.5 Å². The second-order valence-electron chi connectivity index (χ2n) is 5.38. The molecule has 11 heteroatoms. The zero-order chi connectivity index (χ0) is 19.8. The largest absolute Gasteiger partial charge is 0.744 e. The van der Waals surface area contributed by atoms with Gasteiger partial charge in [0.25, 0.3) is 5.69 Å². The minimum absolute atomic E-state index is 0.00513. The lowest BCUT2D eigenvalue weighted by molar-refractivity contribution is -0.385. The molecule has 0 spiro atoms. The number of hydrogen-bond acceptors (Lipinski definition) is 9. The van der Waals surface area contributed by atoms with Crippen molar-refractivity contribution in [3.05, 3.63) is 58.6 Å². The molecule has 0 saturated carbocycles. The van der Waals surface area contributed by atoms with Crippen molar-refractivity contribution >= 4 is 38.0 Å². The molecule has 0 aromatic heterocycles. The normalized spacial score (nSPS) is 11.9. The summed E-state index contributed by atoms with van der Waals surface area (Å²) < 4.78 is 33.7. The Bertz CT molecular complexity index is 1210. The van der Waals surface area contributed by atoms with Crippen molar-refractivity contribution in [3.63, 3.8) is 0 Å². The number of nitro groups is 1. The highest BCUT2D eigenvalue weighted by Crippen LogP contribution is 2.40. The summed E-state index contributed by atoms with van der Waals surface area (Å²) in [5.41, 5.74) is -1.37. The monoisotopic (exact) mass is 388 g/mol. The van der Waals surface area contributed by atoms with Crippen molar-refractivity contribution in [2.45, 2.75) is 4.90 Å². The van der Waals surface area contributed by atoms with Gasteiger partial charge in [-0.15, -0.1) is 10.2 Å². The van der Waals surface area contributed by atoms with E-state index in [1.54, 1.807) is 30.3 Å². The van der Waals surface area contributed by atoms with Crippen LogP contribution >= 0.6 is 0 Å². The fraction of sp³-hybridized carbons (Fsp3) is 0. The summed E-state index contributed by atoms with van der Waals surface area (Å²) in [5, 5.41) is 39.6. The molecule has 0 radical (unpaired) electrons. The summed E-state index contributed by atoms with van der Waals surface area (Å²) >= 11 is 0. The van der Waals surface area contributed by atoms with Crippen molar-refractivity contribution in [1.29, 1.82) is 0 Å². The van der Waals surface area contributed by atoms with E-state index in [9.17, 15) is 33.3 Å². The molecule has 0 heterocycles. The second-order valence-corrected chi connectivity index (χ2v) is 6.73. The van der Waals surface area contributed by atoms with Gasteiger partial charge in [0.1, 0.15) is 32.1 Å². The Labute approximate surface area is 151 Å². The zero-order valence-electron chi connectivity index (χ0n) is 13.3. The fourth-order valence-corrected chi connectivity index (χ4v) is 3.01. The van der Waals surface area contributed by atoms with Crippen LogP contribution in [-0.4, -0.2) is 28.1 Å². The Hall–Kier alpha value is -3.57. The summed E-state index contributed by atoms with van der Waals surface area (Å²) in [6, 6.07) is 11.0. The molecule has 0 aliphatic heterocycles. The van der Waals surface area contributed by atoms with E-state index in [4.69, 9.17) is 0 Å². The molecule has 10 nitrogen and oxygen atoms in total. The zero-order valence-corrected chi connectivity index (χ0v) is 14.1. The fourth-order valence-electron chi connectivity index (χ4n) is 2.40. The van der Waals surface area contributed by atoms with Gasteiger partial charge in [0.05, 0.1) is 4.92 Å². The Morgan fingerprint density at radius 2 is 1.70 bits per heavy atom. The molecule has 0 saturated heterocycles. The highest BCUT2D eigenvalue weighted by atomic mass is 32.2. The van der Waals surface area contributed by atoms with Crippen LogP contribution in [0, 0.1) is 10.1 Å². The van der Waals surface area contributed by atoms with Gasteiger partial charge < -0.3 is 14.8 Å². The number of nitrogens with zero attached hydrogens (tertiary/aromatic N) is 3. The molecular formula is C16H10N3O7S-. The predicted octanol–water partition coefficient (Wildman–Crippen LogP) is 3.48. The maximum absolute atomic E-state index is 11.2. The summed E-state index contributed by atoms with van der Waals surface area (Å²) in [7, 11) is -5.19. The van der Waals surface area contributed by atoms with Gasteiger partial charge in [-0.3, -0.25) is 10.1 Å². The van der Waals surface area contributed by atoms with Crippen LogP contribution in [0.5, 0.6) is 11.5 Å². The van der Waals surface area contributed by atoms with Crippen molar-refractivity contribution < 1.29 is 28.1 Å². The van der Waals surface area contributed by atoms with E-state index in [1.807, 2.05) is 0 Å². The number of benzene rings is 3. The van der Waals surface area contributed by atoms with E-state index in [1.165, 1.54) is 6.07 Å². The summed E-state index contributed by atoms with van der Waals surface area (Å²) in [6.07, 6.45) is 0. The highest BCUT2D eigenvalue weighted by Gasteiger charge is 2.20. The van der Waals surface area contributed by atoms with E-state index in [-0.39, 0.29) is 11.4 Å². The lowest BCUT2D eigenvalue weighted by Crippen LogP contribution is -2.00. The third kappa shape index (κ3) is 3.54. The van der Waals surface area contributed by atoms with Crippen molar-refractivity contribution in [2.24, 2.45) is 10.2 Å². The number of aromatic hydroxyl groups is 2. The first-order chi connectivity index (χ1) is 12.7. The van der Waals surface area contributed by atoms with Gasteiger partial charge >= 0.3 is 0 Å². The van der Waals surface area contributed by atoms with Gasteiger partial charge in [0.15, 0.2) is 5.75 Å². The van der Waals surface area contributed by atoms with Crippen LogP contribution in [0.15, 0.2) is 63.7 Å². The number of rotatable bonds is 4. The van der Waals surface area contributed by atoms with E-state index < -0.39 is 37.1 Å². The van der Waals surface area contributed by atoms with Crippen LogP contribution in [0.2, 0.25) is 0 Å². The average molecular weight is 388 g/mol. The average Bonchev–Trinajstić information content (AvgIpc) is 2.60. The first-order valence-corrected chi connectivity index (χ1v) is 8.69. The van der Waals surface area contributed by atoms with E-state index >= 15 is 0 Å². The molecule has 2 N–H and O–H groups in total. The van der Waals surface area contributed by atoms with Gasteiger partial charge in [-0.1, -0.05) is 30.3 Å². The third-order valence-electron chi connectivity index (χ3n) is 3.66. The second kappa shape index (κ2) is 6.63. The number of azo groups is 1. The van der Waals surface area contributed by atoms with Crippen molar-refractivity contribution in [2.75, 3.05) is 0 Å². The molecule has 0 bridgehead atoms. The molecule has 0 atom stereocenters. The molecule has 3 aromatic carbocycles. The van der Waals surface area contributed by atoms with Gasteiger partial charge in [0.2, 0.25) is 0 Å². The SMILES string of the molecule is O=[N+]([O-])c1cc(N=Nc2c(O)ccc3ccccc23)c(O)c(S(=O)(=O)[O-])c1. The van der Waals surface area contributed by atoms with Crippen LogP contribution in [0.3, 0.4) is 0 Å². The lowest BCUT2D eigenvalue weighted by Gasteiger charge is -2.10. The van der Waals surface area contributed by atoms with Crippen LogP contribution in [0.25, 0.3) is 10.8 Å². The molecule has 27 heavy (non-hydrogen) atoms. The van der Waals surface area contributed by atoms with Crippen LogP contribution in [0.4, 0.5) is 17.1 Å². The molecule has 0 unspecified atom stereocenters. The third-order valence-corrected chi connectivity index (χ3v) is 4.51. The lowest BCUT2D eigenvalue weighted by atomic mass is 10.1. The maximum atomic E-state index is 11.2.